The maximum atomic E-state index is 13.0. The minimum Gasteiger partial charge on any atom is -0.496 e. The molecule has 1 amide bonds. The molecule has 30 heavy (non-hydrogen) atoms. The second-order valence-corrected chi connectivity index (χ2v) is 7.35. The molecule has 0 bridgehead atoms. The van der Waals surface area contributed by atoms with Gasteiger partial charge in [0.2, 0.25) is 0 Å². The monoisotopic (exact) mass is 409 g/mol. The highest BCUT2D eigenvalue weighted by Gasteiger charge is 2.22. The quantitative estimate of drug-likeness (QED) is 0.600. The standard InChI is InChI=1S/C24H28N2O4/c1-26(2)20(18-10-11-21(28-3)23(14-18)30-5)15-25-24(27)19-12-16-8-6-7-9-17(16)13-22(19)29-4/h6-14,20H,15H2,1-5H3,(H,25,27)/p+1/t20-/m1/s1. The number of methoxy groups -OCH3 is 3. The molecule has 3 aromatic rings. The first-order valence-electron chi connectivity index (χ1n) is 9.85. The Hall–Kier alpha value is -3.25. The minimum atomic E-state index is -0.163. The van der Waals surface area contributed by atoms with Gasteiger partial charge in [-0.3, -0.25) is 4.79 Å². The molecule has 0 saturated heterocycles. The molecular weight excluding hydrogens is 380 g/mol. The van der Waals surface area contributed by atoms with Gasteiger partial charge in [0.15, 0.2) is 11.5 Å². The molecule has 0 aliphatic heterocycles. The summed E-state index contributed by atoms with van der Waals surface area (Å²) in [7, 11) is 8.93. The summed E-state index contributed by atoms with van der Waals surface area (Å²) in [5.74, 6) is 1.75. The Morgan fingerprint density at radius 3 is 2.10 bits per heavy atom. The van der Waals surface area contributed by atoms with E-state index in [-0.39, 0.29) is 11.9 Å². The van der Waals surface area contributed by atoms with E-state index in [0.29, 0.717) is 29.4 Å². The van der Waals surface area contributed by atoms with Gasteiger partial charge < -0.3 is 24.4 Å². The molecule has 1 atom stereocenters. The fourth-order valence-corrected chi connectivity index (χ4v) is 3.58. The van der Waals surface area contributed by atoms with Crippen molar-refractivity contribution in [2.45, 2.75) is 6.04 Å². The van der Waals surface area contributed by atoms with Gasteiger partial charge >= 0.3 is 0 Å². The molecule has 0 aromatic heterocycles. The Bertz CT molecular complexity index is 1030. The van der Waals surface area contributed by atoms with Crippen LogP contribution >= 0.6 is 0 Å². The molecule has 6 nitrogen and oxygen atoms in total. The van der Waals surface area contributed by atoms with Gasteiger partial charge in [-0.2, -0.15) is 0 Å². The molecule has 0 spiro atoms. The summed E-state index contributed by atoms with van der Waals surface area (Å²) in [6.45, 7) is 0.465. The van der Waals surface area contributed by atoms with E-state index in [4.69, 9.17) is 14.2 Å². The lowest BCUT2D eigenvalue weighted by molar-refractivity contribution is -0.890. The minimum absolute atomic E-state index is 0.0419. The molecule has 0 aliphatic rings. The molecule has 3 rings (SSSR count). The Kier molecular flexibility index (Phi) is 6.79. The molecular formula is C24H29N2O4+. The number of fused-ring (bicyclic) bond motifs is 1. The maximum absolute atomic E-state index is 13.0. The van der Waals surface area contributed by atoms with Gasteiger partial charge in [0.1, 0.15) is 11.8 Å². The van der Waals surface area contributed by atoms with Gasteiger partial charge in [-0.05, 0) is 41.1 Å². The SMILES string of the molecule is COc1ccc([C@@H](CNC(=O)c2cc3ccccc3cc2OC)[NH+](C)C)cc1OC. The number of nitrogens with one attached hydrogen (secondary N) is 2. The molecule has 6 heteroatoms. The number of carbonyl (C=O) groups excluding carboxylic acids is 1. The number of hydrogen-bond donors (Lipinski definition) is 2. The lowest BCUT2D eigenvalue weighted by atomic mass is 10.0. The van der Waals surface area contributed by atoms with Crippen molar-refractivity contribution in [3.05, 3.63) is 65.7 Å². The summed E-state index contributed by atoms with van der Waals surface area (Å²) in [6, 6.07) is 17.6. The van der Waals surface area contributed by atoms with Crippen LogP contribution in [0.3, 0.4) is 0 Å². The summed E-state index contributed by atoms with van der Waals surface area (Å²) in [5.41, 5.74) is 1.58. The number of benzene rings is 3. The van der Waals surface area contributed by atoms with Gasteiger partial charge in [0.05, 0.1) is 47.5 Å². The number of likely N-dealkylation sites (N-methyl/N-ethyl adjacent to an activating group) is 1. The first kappa shape index (κ1) is 21.5. The Morgan fingerprint density at radius 1 is 0.867 bits per heavy atom. The van der Waals surface area contributed by atoms with Crippen molar-refractivity contribution in [3.63, 3.8) is 0 Å². The van der Waals surface area contributed by atoms with Crippen LogP contribution in [-0.4, -0.2) is 47.9 Å². The second kappa shape index (κ2) is 9.50. The third-order valence-electron chi connectivity index (χ3n) is 5.29. The van der Waals surface area contributed by atoms with Crippen LogP contribution in [0.5, 0.6) is 17.2 Å². The summed E-state index contributed by atoms with van der Waals surface area (Å²) >= 11 is 0. The second-order valence-electron chi connectivity index (χ2n) is 7.35. The van der Waals surface area contributed by atoms with Crippen molar-refractivity contribution in [2.24, 2.45) is 0 Å². The number of amides is 1. The maximum Gasteiger partial charge on any atom is 0.255 e. The molecule has 0 radical (unpaired) electrons. The van der Waals surface area contributed by atoms with Crippen molar-refractivity contribution in [2.75, 3.05) is 42.0 Å². The van der Waals surface area contributed by atoms with Crippen LogP contribution < -0.4 is 24.4 Å². The number of ether oxygens (including phenoxy) is 3. The fourth-order valence-electron chi connectivity index (χ4n) is 3.58. The van der Waals surface area contributed by atoms with Crippen LogP contribution in [0, 0.1) is 0 Å². The van der Waals surface area contributed by atoms with E-state index in [1.54, 1.807) is 21.3 Å². The molecule has 0 unspecified atom stereocenters. The largest absolute Gasteiger partial charge is 0.496 e. The van der Waals surface area contributed by atoms with Gasteiger partial charge in [-0.25, -0.2) is 0 Å². The van der Waals surface area contributed by atoms with Crippen molar-refractivity contribution < 1.29 is 23.9 Å². The highest BCUT2D eigenvalue weighted by molar-refractivity contribution is 6.01. The van der Waals surface area contributed by atoms with Gasteiger partial charge in [0.25, 0.3) is 5.91 Å². The molecule has 158 valence electrons. The molecule has 0 aliphatic carbocycles. The van der Waals surface area contributed by atoms with Crippen LogP contribution in [0.2, 0.25) is 0 Å². The predicted molar refractivity (Wildman–Crippen MR) is 118 cm³/mol. The van der Waals surface area contributed by atoms with E-state index < -0.39 is 0 Å². The Labute approximate surface area is 177 Å². The molecule has 0 saturated carbocycles. The zero-order valence-electron chi connectivity index (χ0n) is 18.1. The highest BCUT2D eigenvalue weighted by Crippen LogP contribution is 2.29. The zero-order chi connectivity index (χ0) is 21.7. The van der Waals surface area contributed by atoms with E-state index in [2.05, 4.69) is 19.4 Å². The summed E-state index contributed by atoms with van der Waals surface area (Å²) in [6.07, 6.45) is 0. The van der Waals surface area contributed by atoms with Crippen LogP contribution in [0.1, 0.15) is 22.0 Å². The first-order chi connectivity index (χ1) is 14.5. The number of rotatable bonds is 8. The van der Waals surface area contributed by atoms with Crippen molar-refractivity contribution in [1.29, 1.82) is 0 Å². The smallest absolute Gasteiger partial charge is 0.255 e. The predicted octanol–water partition coefficient (Wildman–Crippen LogP) is 2.48. The van der Waals surface area contributed by atoms with E-state index in [1.165, 1.54) is 4.90 Å². The van der Waals surface area contributed by atoms with Crippen molar-refractivity contribution in [3.8, 4) is 17.2 Å². The van der Waals surface area contributed by atoms with Gasteiger partial charge in [-0.1, -0.05) is 24.3 Å². The van der Waals surface area contributed by atoms with Crippen LogP contribution in [-0.2, 0) is 0 Å². The van der Waals surface area contributed by atoms with E-state index in [0.717, 1.165) is 16.3 Å². The molecule has 0 heterocycles. The van der Waals surface area contributed by atoms with Crippen molar-refractivity contribution in [1.82, 2.24) is 5.32 Å². The lowest BCUT2D eigenvalue weighted by Crippen LogP contribution is -3.07. The number of carbonyl (C=O) groups is 1. The summed E-state index contributed by atoms with van der Waals surface area (Å²) in [5, 5.41) is 5.10. The molecule has 2 N–H and O–H groups in total. The Morgan fingerprint density at radius 2 is 1.50 bits per heavy atom. The van der Waals surface area contributed by atoms with Gasteiger partial charge in [0, 0.05) is 5.56 Å². The number of hydrogen-bond acceptors (Lipinski definition) is 4. The van der Waals surface area contributed by atoms with Crippen molar-refractivity contribution >= 4 is 16.7 Å². The third kappa shape index (κ3) is 4.49. The normalized spacial score (nSPS) is 11.9. The van der Waals surface area contributed by atoms with Crippen LogP contribution in [0.4, 0.5) is 0 Å². The zero-order valence-corrected chi connectivity index (χ0v) is 18.1. The topological polar surface area (TPSA) is 61.2 Å². The van der Waals surface area contributed by atoms with Crippen LogP contribution in [0.25, 0.3) is 10.8 Å². The lowest BCUT2D eigenvalue weighted by Gasteiger charge is -2.23. The number of quaternary nitrogens is 1. The fraction of sp³-hybridized carbons (Fsp3) is 0.292. The molecule has 3 aromatic carbocycles. The molecule has 0 fully saturated rings. The third-order valence-corrected chi connectivity index (χ3v) is 5.29. The van der Waals surface area contributed by atoms with E-state index >= 15 is 0 Å². The summed E-state index contributed by atoms with van der Waals surface area (Å²) in [4.78, 5) is 14.2. The van der Waals surface area contributed by atoms with E-state index in [9.17, 15) is 4.79 Å². The highest BCUT2D eigenvalue weighted by atomic mass is 16.5. The average Bonchev–Trinajstić information content (AvgIpc) is 2.77. The van der Waals surface area contributed by atoms with Gasteiger partial charge in [-0.15, -0.1) is 0 Å². The average molecular weight is 410 g/mol. The van der Waals surface area contributed by atoms with Crippen LogP contribution in [0.15, 0.2) is 54.6 Å². The summed E-state index contributed by atoms with van der Waals surface area (Å²) < 4.78 is 16.2. The first-order valence-corrected chi connectivity index (χ1v) is 9.85. The van der Waals surface area contributed by atoms with E-state index in [1.807, 2.05) is 54.6 Å². The Balaban J connectivity index is 1.83.